The van der Waals surface area contributed by atoms with Gasteiger partial charge in [-0.3, -0.25) is 10.3 Å². The highest BCUT2D eigenvalue weighted by atomic mass is 16.6. The Kier molecular flexibility index (Phi) is 3.58. The fraction of sp³-hybridized carbons (Fsp3) is 0.308. The topological polar surface area (TPSA) is 45.0 Å². The van der Waals surface area contributed by atoms with E-state index in [-0.39, 0.29) is 0 Å². The second-order valence-electron chi connectivity index (χ2n) is 3.80. The van der Waals surface area contributed by atoms with Gasteiger partial charge in [0.15, 0.2) is 0 Å². The number of hydroxylamine groups is 1. The highest BCUT2D eigenvalue weighted by Gasteiger charge is 2.13. The second kappa shape index (κ2) is 5.34. The van der Waals surface area contributed by atoms with Gasteiger partial charge in [-0.05, 0) is 24.8 Å². The van der Waals surface area contributed by atoms with E-state index in [2.05, 4.69) is 11.5 Å². The van der Waals surface area contributed by atoms with Gasteiger partial charge in [0.05, 0.1) is 23.9 Å². The molecule has 16 heavy (non-hydrogen) atoms. The van der Waals surface area contributed by atoms with Gasteiger partial charge in [-0.2, -0.15) is 5.26 Å². The Morgan fingerprint density at radius 2 is 2.06 bits per heavy atom. The summed E-state index contributed by atoms with van der Waals surface area (Å²) in [5.41, 5.74) is 5.78. The summed E-state index contributed by atoms with van der Waals surface area (Å²) in [5.74, 6) is 0. The first kappa shape index (κ1) is 10.7. The second-order valence-corrected chi connectivity index (χ2v) is 3.80. The normalized spacial score (nSPS) is 14.9. The van der Waals surface area contributed by atoms with E-state index in [0.29, 0.717) is 6.61 Å². The van der Waals surface area contributed by atoms with Gasteiger partial charge in [-0.15, -0.1) is 0 Å². The van der Waals surface area contributed by atoms with Crippen LogP contribution in [0.1, 0.15) is 24.8 Å². The van der Waals surface area contributed by atoms with Crippen LogP contribution in [0, 0.1) is 11.3 Å². The van der Waals surface area contributed by atoms with Gasteiger partial charge in [-0.25, -0.2) is 0 Å². The third-order valence-corrected chi connectivity index (χ3v) is 2.63. The highest BCUT2D eigenvalue weighted by Crippen LogP contribution is 2.23. The van der Waals surface area contributed by atoms with Gasteiger partial charge in [0.25, 0.3) is 0 Å². The largest absolute Gasteiger partial charge is 0.272 e. The molecule has 3 nitrogen and oxygen atoms in total. The Bertz CT molecular complexity index is 417. The van der Waals surface area contributed by atoms with E-state index in [1.54, 1.807) is 0 Å². The Hall–Kier alpha value is -1.79. The van der Waals surface area contributed by atoms with Crippen LogP contribution < -0.4 is 5.48 Å². The average molecular weight is 214 g/mol. The van der Waals surface area contributed by atoms with Crippen molar-refractivity contribution in [2.75, 3.05) is 0 Å². The lowest BCUT2D eigenvalue weighted by Gasteiger charge is -2.08. The molecule has 0 saturated carbocycles. The number of hydrogen-bond acceptors (Lipinski definition) is 3. The van der Waals surface area contributed by atoms with Crippen molar-refractivity contribution < 1.29 is 4.84 Å². The molecule has 1 aromatic rings. The number of nitriles is 1. The lowest BCUT2D eigenvalue weighted by Crippen LogP contribution is -2.13. The van der Waals surface area contributed by atoms with E-state index >= 15 is 0 Å². The van der Waals surface area contributed by atoms with Gasteiger partial charge < -0.3 is 0 Å². The van der Waals surface area contributed by atoms with Crippen molar-refractivity contribution in [1.82, 2.24) is 5.48 Å². The minimum absolute atomic E-state index is 0.517. The number of nitrogens with zero attached hydrogens (tertiary/aromatic N) is 1. The van der Waals surface area contributed by atoms with Crippen molar-refractivity contribution in [3.05, 3.63) is 47.2 Å². The van der Waals surface area contributed by atoms with E-state index < -0.39 is 0 Å². The fourth-order valence-corrected chi connectivity index (χ4v) is 1.76. The lowest BCUT2D eigenvalue weighted by molar-refractivity contribution is 0.0474. The number of rotatable bonds is 4. The predicted octanol–water partition coefficient (Wildman–Crippen LogP) is 2.67. The summed E-state index contributed by atoms with van der Waals surface area (Å²) in [4.78, 5) is 5.38. The van der Waals surface area contributed by atoms with Gasteiger partial charge in [0.2, 0.25) is 0 Å². The summed E-state index contributed by atoms with van der Waals surface area (Å²) in [7, 11) is 0. The number of allylic oxidation sites excluding steroid dienone is 2. The first-order valence-corrected chi connectivity index (χ1v) is 5.44. The molecule has 0 fully saturated rings. The zero-order valence-corrected chi connectivity index (χ0v) is 9.07. The minimum atomic E-state index is 0.517. The van der Waals surface area contributed by atoms with E-state index in [9.17, 15) is 0 Å². The zero-order chi connectivity index (χ0) is 11.2. The Morgan fingerprint density at radius 3 is 2.81 bits per heavy atom. The van der Waals surface area contributed by atoms with Crippen LogP contribution in [0.5, 0.6) is 0 Å². The molecule has 0 unspecified atom stereocenters. The number of hydrogen-bond donors (Lipinski definition) is 1. The summed E-state index contributed by atoms with van der Waals surface area (Å²) < 4.78 is 0. The molecule has 0 heterocycles. The molecule has 0 aromatic heterocycles. The van der Waals surface area contributed by atoms with Crippen LogP contribution in [0.2, 0.25) is 0 Å². The van der Waals surface area contributed by atoms with Crippen LogP contribution in [0.15, 0.2) is 41.6 Å². The molecule has 1 N–H and O–H groups in total. The third-order valence-electron chi connectivity index (χ3n) is 2.63. The molecule has 0 amide bonds. The van der Waals surface area contributed by atoms with Crippen molar-refractivity contribution in [3.8, 4) is 6.07 Å². The molecule has 0 atom stereocenters. The standard InChI is InChI=1S/C13H14N2O/c14-9-12-7-4-8-13(12)15-16-10-11-5-2-1-3-6-11/h1-3,5-6,15H,4,7-8,10H2. The van der Waals surface area contributed by atoms with Crippen LogP contribution in [0.4, 0.5) is 0 Å². The SMILES string of the molecule is N#CC1=C(NOCc2ccccc2)CCC1. The predicted molar refractivity (Wildman–Crippen MR) is 60.9 cm³/mol. The Labute approximate surface area is 95.3 Å². The zero-order valence-electron chi connectivity index (χ0n) is 9.07. The van der Waals surface area contributed by atoms with Crippen molar-refractivity contribution >= 4 is 0 Å². The first-order valence-electron chi connectivity index (χ1n) is 5.44. The average Bonchev–Trinajstić information content (AvgIpc) is 2.78. The van der Waals surface area contributed by atoms with Crippen LogP contribution in [0.3, 0.4) is 0 Å². The van der Waals surface area contributed by atoms with Crippen LogP contribution in [-0.4, -0.2) is 0 Å². The highest BCUT2D eigenvalue weighted by molar-refractivity contribution is 5.29. The molecule has 1 aliphatic carbocycles. The van der Waals surface area contributed by atoms with Gasteiger partial charge in [0.1, 0.15) is 0 Å². The smallest absolute Gasteiger partial charge is 0.0996 e. The maximum absolute atomic E-state index is 8.85. The monoisotopic (exact) mass is 214 g/mol. The molecule has 0 bridgehead atoms. The maximum atomic E-state index is 8.85. The fourth-order valence-electron chi connectivity index (χ4n) is 1.76. The lowest BCUT2D eigenvalue weighted by atomic mass is 10.2. The van der Waals surface area contributed by atoms with Crippen molar-refractivity contribution in [2.24, 2.45) is 0 Å². The first-order chi connectivity index (χ1) is 7.90. The molecule has 0 aliphatic heterocycles. The van der Waals surface area contributed by atoms with E-state index in [4.69, 9.17) is 10.1 Å². The molecule has 0 saturated heterocycles. The maximum Gasteiger partial charge on any atom is 0.0996 e. The number of nitrogens with one attached hydrogen (secondary N) is 1. The Morgan fingerprint density at radius 1 is 1.25 bits per heavy atom. The number of benzene rings is 1. The molecule has 82 valence electrons. The van der Waals surface area contributed by atoms with Crippen molar-refractivity contribution in [3.63, 3.8) is 0 Å². The van der Waals surface area contributed by atoms with Crippen LogP contribution >= 0.6 is 0 Å². The third kappa shape index (κ3) is 2.62. The molecular weight excluding hydrogens is 200 g/mol. The summed E-state index contributed by atoms with van der Waals surface area (Å²) in [6, 6.07) is 12.2. The quantitative estimate of drug-likeness (QED) is 0.784. The van der Waals surface area contributed by atoms with E-state index in [1.807, 2.05) is 30.3 Å². The molecule has 3 heteroatoms. The van der Waals surface area contributed by atoms with Crippen molar-refractivity contribution in [2.45, 2.75) is 25.9 Å². The van der Waals surface area contributed by atoms with E-state index in [0.717, 1.165) is 36.1 Å². The van der Waals surface area contributed by atoms with Gasteiger partial charge in [-0.1, -0.05) is 30.3 Å². The molecular formula is C13H14N2O. The molecule has 0 radical (unpaired) electrons. The summed E-state index contributed by atoms with van der Waals surface area (Å²) in [6.45, 7) is 0.517. The Balaban J connectivity index is 1.83. The molecule has 1 aliphatic rings. The van der Waals surface area contributed by atoms with Gasteiger partial charge in [0, 0.05) is 0 Å². The molecule has 2 rings (SSSR count). The van der Waals surface area contributed by atoms with Gasteiger partial charge >= 0.3 is 0 Å². The van der Waals surface area contributed by atoms with Crippen LogP contribution in [-0.2, 0) is 11.4 Å². The van der Waals surface area contributed by atoms with Crippen molar-refractivity contribution in [1.29, 1.82) is 5.26 Å². The molecule has 1 aromatic carbocycles. The van der Waals surface area contributed by atoms with E-state index in [1.165, 1.54) is 0 Å². The van der Waals surface area contributed by atoms with Crippen LogP contribution in [0.25, 0.3) is 0 Å². The summed E-state index contributed by atoms with van der Waals surface area (Å²) in [5, 5.41) is 8.85. The summed E-state index contributed by atoms with van der Waals surface area (Å²) in [6.07, 6.45) is 2.82. The minimum Gasteiger partial charge on any atom is -0.272 e. The molecule has 0 spiro atoms. The summed E-state index contributed by atoms with van der Waals surface area (Å²) >= 11 is 0.